The minimum atomic E-state index is 0.0736. The molecule has 1 aromatic rings. The van der Waals surface area contributed by atoms with Crippen LogP contribution in [0.25, 0.3) is 0 Å². The number of amides is 1. The van der Waals surface area contributed by atoms with E-state index in [2.05, 4.69) is 5.32 Å². The van der Waals surface area contributed by atoms with Gasteiger partial charge in [0.2, 0.25) is 5.91 Å². The summed E-state index contributed by atoms with van der Waals surface area (Å²) >= 11 is 0. The van der Waals surface area contributed by atoms with Crippen molar-refractivity contribution in [3.8, 4) is 5.75 Å². The Morgan fingerprint density at radius 2 is 2.14 bits per heavy atom. The molecule has 0 aliphatic carbocycles. The van der Waals surface area contributed by atoms with Crippen molar-refractivity contribution in [2.45, 2.75) is 18.8 Å². The predicted octanol–water partition coefficient (Wildman–Crippen LogP) is 1.39. The Morgan fingerprint density at radius 1 is 1.36 bits per heavy atom. The molecule has 1 unspecified atom stereocenters. The zero-order valence-electron chi connectivity index (χ0n) is 7.86. The van der Waals surface area contributed by atoms with Gasteiger partial charge >= 0.3 is 0 Å². The topological polar surface area (TPSA) is 49.3 Å². The van der Waals surface area contributed by atoms with Gasteiger partial charge in [-0.3, -0.25) is 4.79 Å². The number of carbonyl (C=O) groups excluding carboxylic acids is 1. The lowest BCUT2D eigenvalue weighted by Gasteiger charge is -2.22. The van der Waals surface area contributed by atoms with Gasteiger partial charge in [0, 0.05) is 13.0 Å². The summed E-state index contributed by atoms with van der Waals surface area (Å²) in [6.07, 6.45) is 1.39. The summed E-state index contributed by atoms with van der Waals surface area (Å²) in [5.41, 5.74) is 0.891. The lowest BCUT2D eigenvalue weighted by atomic mass is 9.89. The molecule has 0 spiro atoms. The number of aromatic hydroxyl groups is 1. The van der Waals surface area contributed by atoms with Crippen LogP contribution in [0.1, 0.15) is 24.3 Å². The zero-order chi connectivity index (χ0) is 9.97. The van der Waals surface area contributed by atoms with Gasteiger partial charge < -0.3 is 10.4 Å². The Hall–Kier alpha value is -1.51. The predicted molar refractivity (Wildman–Crippen MR) is 53.1 cm³/mol. The van der Waals surface area contributed by atoms with E-state index >= 15 is 0 Å². The van der Waals surface area contributed by atoms with Crippen LogP contribution in [0.5, 0.6) is 5.75 Å². The number of hydrogen-bond donors (Lipinski definition) is 2. The molecule has 1 fully saturated rings. The van der Waals surface area contributed by atoms with Crippen molar-refractivity contribution in [3.05, 3.63) is 29.8 Å². The highest BCUT2D eigenvalue weighted by atomic mass is 16.3. The van der Waals surface area contributed by atoms with Gasteiger partial charge in [0.15, 0.2) is 0 Å². The minimum absolute atomic E-state index is 0.0736. The maximum absolute atomic E-state index is 11.2. The van der Waals surface area contributed by atoms with Crippen LogP contribution in [-0.4, -0.2) is 17.6 Å². The van der Waals surface area contributed by atoms with Crippen LogP contribution in [0.3, 0.4) is 0 Å². The van der Waals surface area contributed by atoms with Crippen molar-refractivity contribution in [1.82, 2.24) is 5.32 Å². The van der Waals surface area contributed by atoms with Crippen molar-refractivity contribution < 1.29 is 9.90 Å². The monoisotopic (exact) mass is 191 g/mol. The standard InChI is InChI=1S/C11H13NO2/c13-10-4-2-1-3-9(10)8-5-6-12-11(14)7-8/h1-4,8,13H,5-7H2,(H,12,14). The second-order valence-electron chi connectivity index (χ2n) is 3.60. The van der Waals surface area contributed by atoms with Gasteiger partial charge in [-0.2, -0.15) is 0 Å². The summed E-state index contributed by atoms with van der Waals surface area (Å²) in [6.45, 7) is 0.706. The third-order valence-corrected chi connectivity index (χ3v) is 2.62. The Balaban J connectivity index is 2.22. The summed E-state index contributed by atoms with van der Waals surface area (Å²) < 4.78 is 0. The summed E-state index contributed by atoms with van der Waals surface area (Å²) in [6, 6.07) is 7.24. The molecule has 0 radical (unpaired) electrons. The summed E-state index contributed by atoms with van der Waals surface area (Å²) in [5, 5.41) is 12.4. The van der Waals surface area contributed by atoms with Gasteiger partial charge in [0.1, 0.15) is 5.75 Å². The molecule has 0 saturated carbocycles. The number of rotatable bonds is 1. The number of phenols is 1. The van der Waals surface area contributed by atoms with Crippen LogP contribution in [-0.2, 0) is 4.79 Å². The second-order valence-corrected chi connectivity index (χ2v) is 3.60. The van der Waals surface area contributed by atoms with Crippen LogP contribution in [0.4, 0.5) is 0 Å². The number of hydrogen-bond acceptors (Lipinski definition) is 2. The molecule has 2 rings (SSSR count). The zero-order valence-corrected chi connectivity index (χ0v) is 7.86. The molecule has 1 amide bonds. The third-order valence-electron chi connectivity index (χ3n) is 2.62. The van der Waals surface area contributed by atoms with Gasteiger partial charge in [-0.1, -0.05) is 18.2 Å². The molecule has 1 aliphatic heterocycles. The molecule has 1 aliphatic rings. The number of para-hydroxylation sites is 1. The van der Waals surface area contributed by atoms with Crippen molar-refractivity contribution >= 4 is 5.91 Å². The fourth-order valence-electron chi connectivity index (χ4n) is 1.88. The lowest BCUT2D eigenvalue weighted by Crippen LogP contribution is -2.32. The molecule has 3 nitrogen and oxygen atoms in total. The molecule has 1 atom stereocenters. The van der Waals surface area contributed by atoms with Gasteiger partial charge in [0.05, 0.1) is 0 Å². The van der Waals surface area contributed by atoms with Gasteiger partial charge in [0.25, 0.3) is 0 Å². The molecule has 1 heterocycles. The summed E-state index contributed by atoms with van der Waals surface area (Å²) in [5.74, 6) is 0.543. The molecule has 0 aromatic heterocycles. The van der Waals surface area contributed by atoms with Crippen LogP contribution >= 0.6 is 0 Å². The fraction of sp³-hybridized carbons (Fsp3) is 0.364. The third kappa shape index (κ3) is 1.71. The lowest BCUT2D eigenvalue weighted by molar-refractivity contribution is -0.122. The first kappa shape index (κ1) is 9.06. The summed E-state index contributed by atoms with van der Waals surface area (Å²) in [7, 11) is 0. The molecule has 0 bridgehead atoms. The van der Waals surface area contributed by atoms with Gasteiger partial charge in [-0.05, 0) is 24.0 Å². The highest BCUT2D eigenvalue weighted by molar-refractivity contribution is 5.77. The number of phenolic OH excluding ortho intramolecular Hbond substituents is 1. The van der Waals surface area contributed by atoms with E-state index in [0.717, 1.165) is 12.0 Å². The highest BCUT2D eigenvalue weighted by Crippen LogP contribution is 2.31. The second kappa shape index (κ2) is 3.70. The maximum Gasteiger partial charge on any atom is 0.220 e. The maximum atomic E-state index is 11.2. The molecular weight excluding hydrogens is 178 g/mol. The first-order chi connectivity index (χ1) is 6.77. The SMILES string of the molecule is O=C1CC(c2ccccc2O)CCN1. The molecule has 3 heteroatoms. The smallest absolute Gasteiger partial charge is 0.220 e. The Bertz CT molecular complexity index is 349. The molecular formula is C11H13NO2. The number of benzene rings is 1. The first-order valence-electron chi connectivity index (χ1n) is 4.82. The number of carbonyl (C=O) groups is 1. The Morgan fingerprint density at radius 3 is 2.86 bits per heavy atom. The van der Waals surface area contributed by atoms with E-state index in [1.165, 1.54) is 0 Å². The Kier molecular flexibility index (Phi) is 2.39. The minimum Gasteiger partial charge on any atom is -0.508 e. The van der Waals surface area contributed by atoms with E-state index in [4.69, 9.17) is 0 Å². The van der Waals surface area contributed by atoms with E-state index < -0.39 is 0 Å². The van der Waals surface area contributed by atoms with Crippen LogP contribution in [0.2, 0.25) is 0 Å². The van der Waals surface area contributed by atoms with E-state index in [1.54, 1.807) is 12.1 Å². The number of piperidine rings is 1. The average Bonchev–Trinajstić information content (AvgIpc) is 2.18. The van der Waals surface area contributed by atoms with Crippen molar-refractivity contribution in [3.63, 3.8) is 0 Å². The quantitative estimate of drug-likeness (QED) is 0.704. The molecule has 2 N–H and O–H groups in total. The molecule has 1 saturated heterocycles. The number of nitrogens with one attached hydrogen (secondary N) is 1. The van der Waals surface area contributed by atoms with E-state index in [9.17, 15) is 9.90 Å². The van der Waals surface area contributed by atoms with Crippen LogP contribution in [0.15, 0.2) is 24.3 Å². The van der Waals surface area contributed by atoms with Crippen molar-refractivity contribution in [2.75, 3.05) is 6.54 Å². The normalized spacial score (nSPS) is 21.7. The fourth-order valence-corrected chi connectivity index (χ4v) is 1.88. The molecule has 14 heavy (non-hydrogen) atoms. The first-order valence-corrected chi connectivity index (χ1v) is 4.82. The summed E-state index contributed by atoms with van der Waals surface area (Å²) in [4.78, 5) is 11.2. The van der Waals surface area contributed by atoms with Crippen molar-refractivity contribution in [2.24, 2.45) is 0 Å². The van der Waals surface area contributed by atoms with E-state index in [1.807, 2.05) is 12.1 Å². The highest BCUT2D eigenvalue weighted by Gasteiger charge is 2.22. The Labute approximate surface area is 82.8 Å². The van der Waals surface area contributed by atoms with Gasteiger partial charge in [-0.25, -0.2) is 0 Å². The average molecular weight is 191 g/mol. The molecule has 74 valence electrons. The molecule has 1 aromatic carbocycles. The van der Waals surface area contributed by atoms with Crippen LogP contribution in [0, 0.1) is 0 Å². The van der Waals surface area contributed by atoms with Crippen LogP contribution < -0.4 is 5.32 Å². The largest absolute Gasteiger partial charge is 0.508 e. The van der Waals surface area contributed by atoms with Crippen molar-refractivity contribution in [1.29, 1.82) is 0 Å². The van der Waals surface area contributed by atoms with E-state index in [-0.39, 0.29) is 11.8 Å². The van der Waals surface area contributed by atoms with E-state index in [0.29, 0.717) is 18.7 Å². The van der Waals surface area contributed by atoms with Gasteiger partial charge in [-0.15, -0.1) is 0 Å².